The maximum Gasteiger partial charge on any atom is 0.303 e. The van der Waals surface area contributed by atoms with Gasteiger partial charge in [0.1, 0.15) is 18.5 Å². The van der Waals surface area contributed by atoms with Gasteiger partial charge in [-0.3, -0.25) is 19.2 Å². The van der Waals surface area contributed by atoms with Gasteiger partial charge in [0.25, 0.3) is 0 Å². The van der Waals surface area contributed by atoms with Crippen LogP contribution in [-0.2, 0) is 42.9 Å². The van der Waals surface area contributed by atoms with Crippen molar-refractivity contribution in [3.05, 3.63) is 27.8 Å². The molecule has 1 aromatic carbocycles. The second-order valence-electron chi connectivity index (χ2n) is 6.64. The van der Waals surface area contributed by atoms with E-state index in [0.29, 0.717) is 5.75 Å². The highest BCUT2D eigenvalue weighted by atomic mass is 127. The van der Waals surface area contributed by atoms with Gasteiger partial charge in [-0.25, -0.2) is 0 Å². The lowest BCUT2D eigenvalue weighted by molar-refractivity contribution is -0.288. The average Bonchev–Trinajstić information content (AvgIpc) is 2.65. The van der Waals surface area contributed by atoms with Gasteiger partial charge in [-0.2, -0.15) is 0 Å². The number of hydrogen-bond acceptors (Lipinski definition) is 10. The van der Waals surface area contributed by atoms with Gasteiger partial charge >= 0.3 is 23.9 Å². The van der Waals surface area contributed by atoms with Gasteiger partial charge < -0.3 is 28.4 Å². The van der Waals surface area contributed by atoms with Gasteiger partial charge in [-0.05, 0) is 46.9 Å². The van der Waals surface area contributed by atoms with Crippen LogP contribution in [0.3, 0.4) is 0 Å². The number of benzene rings is 1. The molecule has 0 aliphatic carbocycles. The summed E-state index contributed by atoms with van der Waals surface area (Å²) in [5, 5.41) is 0. The molecule has 1 saturated heterocycles. The Bertz CT molecular complexity index is 809. The summed E-state index contributed by atoms with van der Waals surface area (Å²) in [6.07, 6.45) is -6.06. The first-order valence-corrected chi connectivity index (χ1v) is 10.4. The van der Waals surface area contributed by atoms with Crippen molar-refractivity contribution in [2.45, 2.75) is 58.4 Å². The van der Waals surface area contributed by atoms with Crippen molar-refractivity contribution in [1.82, 2.24) is 0 Å². The Morgan fingerprint density at radius 1 is 0.806 bits per heavy atom. The fourth-order valence-corrected chi connectivity index (χ4v) is 3.29. The number of esters is 4. The largest absolute Gasteiger partial charge is 0.463 e. The number of carbonyl (C=O) groups excluding carboxylic acids is 4. The van der Waals surface area contributed by atoms with Gasteiger partial charge in [0.05, 0.1) is 0 Å². The zero-order valence-corrected chi connectivity index (χ0v) is 19.5. The van der Waals surface area contributed by atoms with Crippen molar-refractivity contribution in [2.24, 2.45) is 0 Å². The summed E-state index contributed by atoms with van der Waals surface area (Å²) in [7, 11) is 0. The molecule has 170 valence electrons. The molecule has 2 rings (SSSR count). The van der Waals surface area contributed by atoms with Crippen LogP contribution in [-0.4, -0.2) is 61.2 Å². The molecule has 0 amide bonds. The SMILES string of the molecule is CC(=O)OC[C@H]1O[C@H](Oc2ccc(I)cc2)[C@@H](OC(C)=O)[C@@H](OC(C)=O)[C@@H]1OC(C)=O. The van der Waals surface area contributed by atoms with Gasteiger partial charge in [0, 0.05) is 31.3 Å². The third-order valence-corrected chi connectivity index (χ3v) is 4.73. The average molecular weight is 550 g/mol. The van der Waals surface area contributed by atoms with E-state index in [4.69, 9.17) is 28.4 Å². The predicted molar refractivity (Wildman–Crippen MR) is 112 cm³/mol. The molecular formula is C20H23IO10. The molecule has 5 atom stereocenters. The molecule has 1 fully saturated rings. The molecule has 0 saturated carbocycles. The molecule has 1 aliphatic rings. The molecule has 10 nitrogen and oxygen atoms in total. The number of ether oxygens (including phenoxy) is 6. The fourth-order valence-electron chi connectivity index (χ4n) is 2.93. The number of carbonyl (C=O) groups is 4. The van der Waals surface area contributed by atoms with E-state index in [2.05, 4.69) is 22.6 Å². The van der Waals surface area contributed by atoms with Crippen LogP contribution in [0.5, 0.6) is 5.75 Å². The minimum atomic E-state index is -1.27. The van der Waals surface area contributed by atoms with Crippen molar-refractivity contribution < 1.29 is 47.6 Å². The quantitative estimate of drug-likeness (QED) is 0.282. The maximum atomic E-state index is 11.8. The molecule has 11 heteroatoms. The minimum Gasteiger partial charge on any atom is -0.463 e. The van der Waals surface area contributed by atoms with Crippen molar-refractivity contribution in [1.29, 1.82) is 0 Å². The van der Waals surface area contributed by atoms with E-state index in [-0.39, 0.29) is 6.61 Å². The van der Waals surface area contributed by atoms with E-state index in [1.54, 1.807) is 24.3 Å². The van der Waals surface area contributed by atoms with Crippen LogP contribution in [0, 0.1) is 3.57 Å². The summed E-state index contributed by atoms with van der Waals surface area (Å²) in [5.41, 5.74) is 0. The van der Waals surface area contributed by atoms with Crippen LogP contribution in [0.25, 0.3) is 0 Å². The predicted octanol–water partition coefficient (Wildman–Crippen LogP) is 1.75. The lowest BCUT2D eigenvalue weighted by Crippen LogP contribution is -2.63. The molecule has 1 aromatic rings. The normalized spacial score (nSPS) is 25.1. The Morgan fingerprint density at radius 2 is 1.32 bits per heavy atom. The highest BCUT2D eigenvalue weighted by Crippen LogP contribution is 2.31. The first-order chi connectivity index (χ1) is 14.6. The van der Waals surface area contributed by atoms with E-state index in [9.17, 15) is 19.2 Å². The Morgan fingerprint density at radius 3 is 1.84 bits per heavy atom. The first-order valence-electron chi connectivity index (χ1n) is 9.29. The summed E-state index contributed by atoms with van der Waals surface area (Å²) < 4.78 is 33.7. The molecule has 0 radical (unpaired) electrons. The van der Waals surface area contributed by atoms with E-state index < -0.39 is 54.6 Å². The molecule has 0 N–H and O–H groups in total. The monoisotopic (exact) mass is 550 g/mol. The van der Waals surface area contributed by atoms with E-state index in [1.165, 1.54) is 13.8 Å². The van der Waals surface area contributed by atoms with E-state index in [1.807, 2.05) is 0 Å². The minimum absolute atomic E-state index is 0.315. The topological polar surface area (TPSA) is 124 Å². The summed E-state index contributed by atoms with van der Waals surface area (Å²) in [4.78, 5) is 46.5. The third kappa shape index (κ3) is 7.65. The summed E-state index contributed by atoms with van der Waals surface area (Å²) in [6, 6.07) is 6.94. The molecular weight excluding hydrogens is 527 g/mol. The molecule has 31 heavy (non-hydrogen) atoms. The standard InChI is InChI=1S/C20H23IO10/c1-10(22)26-9-16-17(27-11(2)23)18(28-12(3)24)19(29-13(4)25)20(31-16)30-15-7-5-14(21)6-8-15/h5-8,16-20H,9H2,1-4H3/t16-,17-,18+,19+,20+/m1/s1. The zero-order chi connectivity index (χ0) is 23.1. The van der Waals surface area contributed by atoms with Crippen LogP contribution in [0.4, 0.5) is 0 Å². The highest BCUT2D eigenvalue weighted by molar-refractivity contribution is 14.1. The van der Waals surface area contributed by atoms with E-state index >= 15 is 0 Å². The van der Waals surface area contributed by atoms with Crippen LogP contribution in [0.1, 0.15) is 27.7 Å². The van der Waals surface area contributed by atoms with Gasteiger partial charge in [-0.15, -0.1) is 0 Å². The molecule has 0 spiro atoms. The number of rotatable bonds is 7. The number of hydrogen-bond donors (Lipinski definition) is 0. The Labute approximate surface area is 192 Å². The number of halogens is 1. The summed E-state index contributed by atoms with van der Waals surface area (Å²) in [6.45, 7) is 4.36. The zero-order valence-electron chi connectivity index (χ0n) is 17.4. The smallest absolute Gasteiger partial charge is 0.303 e. The van der Waals surface area contributed by atoms with Crippen LogP contribution in [0.15, 0.2) is 24.3 Å². The molecule has 0 bridgehead atoms. The highest BCUT2D eigenvalue weighted by Gasteiger charge is 2.53. The van der Waals surface area contributed by atoms with Crippen LogP contribution < -0.4 is 4.74 Å². The van der Waals surface area contributed by atoms with Crippen LogP contribution in [0.2, 0.25) is 0 Å². The van der Waals surface area contributed by atoms with Gasteiger partial charge in [-0.1, -0.05) is 0 Å². The second-order valence-corrected chi connectivity index (χ2v) is 7.89. The van der Waals surface area contributed by atoms with Crippen molar-refractivity contribution in [2.75, 3.05) is 6.61 Å². The summed E-state index contributed by atoms with van der Waals surface area (Å²) >= 11 is 2.13. The van der Waals surface area contributed by atoms with E-state index in [0.717, 1.165) is 17.4 Å². The van der Waals surface area contributed by atoms with Crippen molar-refractivity contribution in [3.8, 4) is 5.75 Å². The Kier molecular flexibility index (Phi) is 9.04. The van der Waals surface area contributed by atoms with Gasteiger partial charge in [0.15, 0.2) is 12.2 Å². The second kappa shape index (κ2) is 11.3. The van der Waals surface area contributed by atoms with Crippen LogP contribution >= 0.6 is 22.6 Å². The molecule has 1 aliphatic heterocycles. The van der Waals surface area contributed by atoms with Crippen molar-refractivity contribution >= 4 is 46.5 Å². The fraction of sp³-hybridized carbons (Fsp3) is 0.500. The summed E-state index contributed by atoms with van der Waals surface area (Å²) in [5.74, 6) is -2.30. The Hall–Kier alpha value is -2.41. The molecule has 0 unspecified atom stereocenters. The molecule has 1 heterocycles. The van der Waals surface area contributed by atoms with Gasteiger partial charge in [0.2, 0.25) is 12.4 Å². The maximum absolute atomic E-state index is 11.8. The third-order valence-electron chi connectivity index (χ3n) is 4.01. The first kappa shape index (κ1) is 24.9. The molecule has 0 aromatic heterocycles. The van der Waals surface area contributed by atoms with Crippen molar-refractivity contribution in [3.63, 3.8) is 0 Å². The Balaban J connectivity index is 2.43. The lowest BCUT2D eigenvalue weighted by atomic mass is 9.98. The lowest BCUT2D eigenvalue weighted by Gasteiger charge is -2.43.